The van der Waals surface area contributed by atoms with Crippen LogP contribution >= 0.6 is 11.6 Å². The van der Waals surface area contributed by atoms with Gasteiger partial charge in [0.25, 0.3) is 5.91 Å². The van der Waals surface area contributed by atoms with Gasteiger partial charge in [0.1, 0.15) is 17.1 Å². The lowest BCUT2D eigenvalue weighted by Crippen LogP contribution is -2.25. The number of rotatable bonds is 8. The van der Waals surface area contributed by atoms with Crippen LogP contribution in [-0.4, -0.2) is 32.7 Å². The number of hydrogen-bond donors (Lipinski definition) is 1. The van der Waals surface area contributed by atoms with Crippen LogP contribution in [0.4, 0.5) is 0 Å². The van der Waals surface area contributed by atoms with E-state index in [0.717, 1.165) is 16.7 Å². The van der Waals surface area contributed by atoms with E-state index in [1.165, 1.54) is 0 Å². The molecule has 0 spiro atoms. The molecule has 2 N–H and O–H groups in total. The van der Waals surface area contributed by atoms with Crippen LogP contribution in [0.2, 0.25) is 5.02 Å². The highest BCUT2D eigenvalue weighted by molar-refractivity contribution is 6.31. The largest absolute Gasteiger partial charge is 0.497 e. The third-order valence-corrected chi connectivity index (χ3v) is 6.24. The number of primary amides is 1. The molecule has 0 saturated carbocycles. The minimum Gasteiger partial charge on any atom is -0.497 e. The number of carbonyl (C=O) groups excluding carboxylic acids is 2. The van der Waals surface area contributed by atoms with Gasteiger partial charge in [-0.05, 0) is 65.6 Å². The molecule has 4 rings (SSSR count). The molecule has 188 valence electrons. The number of benzene rings is 3. The highest BCUT2D eigenvalue weighted by atomic mass is 35.5. The number of nitrogens with two attached hydrogens (primary N) is 1. The third kappa shape index (κ3) is 5.15. The van der Waals surface area contributed by atoms with Gasteiger partial charge in [0, 0.05) is 21.7 Å². The molecule has 0 fully saturated rings. The Morgan fingerprint density at radius 1 is 0.865 bits per heavy atom. The van der Waals surface area contributed by atoms with Crippen molar-refractivity contribution in [1.82, 2.24) is 0 Å². The fraction of sp³-hybridized carbons (Fsp3) is 0.133. The van der Waals surface area contributed by atoms with Gasteiger partial charge in [-0.15, -0.1) is 0 Å². The molecule has 7 heteroatoms. The molecule has 0 atom stereocenters. The molecule has 1 aliphatic rings. The molecule has 0 saturated heterocycles. The van der Waals surface area contributed by atoms with Crippen molar-refractivity contribution in [2.75, 3.05) is 20.8 Å². The van der Waals surface area contributed by atoms with Gasteiger partial charge < -0.3 is 19.9 Å². The second-order valence-corrected chi connectivity index (χ2v) is 8.55. The summed E-state index contributed by atoms with van der Waals surface area (Å²) >= 11 is 6.16. The highest BCUT2D eigenvalue weighted by Crippen LogP contribution is 2.50. The summed E-state index contributed by atoms with van der Waals surface area (Å²) < 4.78 is 16.3. The van der Waals surface area contributed by atoms with Gasteiger partial charge in [-0.25, -0.2) is 4.79 Å². The summed E-state index contributed by atoms with van der Waals surface area (Å²) in [6.45, 7) is 1.76. The first-order chi connectivity index (χ1) is 17.9. The van der Waals surface area contributed by atoms with E-state index in [0.29, 0.717) is 38.8 Å². The van der Waals surface area contributed by atoms with E-state index in [9.17, 15) is 9.59 Å². The lowest BCUT2D eigenvalue weighted by atomic mass is 9.87. The predicted molar refractivity (Wildman–Crippen MR) is 145 cm³/mol. The van der Waals surface area contributed by atoms with Crippen molar-refractivity contribution in [2.24, 2.45) is 5.73 Å². The summed E-state index contributed by atoms with van der Waals surface area (Å²) in [7, 11) is 3.17. The first kappa shape index (κ1) is 25.8. The second kappa shape index (κ2) is 11.2. The fourth-order valence-corrected chi connectivity index (χ4v) is 4.46. The van der Waals surface area contributed by atoms with Crippen LogP contribution in [0.5, 0.6) is 11.5 Å². The second-order valence-electron chi connectivity index (χ2n) is 8.12. The number of para-hydroxylation sites is 1. The van der Waals surface area contributed by atoms with Gasteiger partial charge in [-0.3, -0.25) is 4.79 Å². The number of allylic oxidation sites excluding steroid dienone is 5. The van der Waals surface area contributed by atoms with Crippen LogP contribution in [0.15, 0.2) is 90.0 Å². The maximum absolute atomic E-state index is 13.2. The molecule has 0 aliphatic heterocycles. The number of halogens is 1. The highest BCUT2D eigenvalue weighted by Gasteiger charge is 2.34. The fourth-order valence-electron chi connectivity index (χ4n) is 4.33. The van der Waals surface area contributed by atoms with E-state index < -0.39 is 11.9 Å². The van der Waals surface area contributed by atoms with Crippen LogP contribution in [-0.2, 0) is 14.3 Å². The lowest BCUT2D eigenvalue weighted by molar-refractivity contribution is -0.139. The number of amides is 1. The van der Waals surface area contributed by atoms with Gasteiger partial charge in [-0.2, -0.15) is 0 Å². The maximum Gasteiger partial charge on any atom is 0.344 e. The van der Waals surface area contributed by atoms with Gasteiger partial charge in [0.2, 0.25) is 0 Å². The molecule has 6 nitrogen and oxygen atoms in total. The molecule has 1 aliphatic carbocycles. The van der Waals surface area contributed by atoms with E-state index in [1.54, 1.807) is 33.3 Å². The molecule has 0 bridgehead atoms. The van der Waals surface area contributed by atoms with Crippen LogP contribution in [0, 0.1) is 0 Å². The standard InChI is InChI=1S/C30H26ClNO5/c1-4-37-30(34)28(29(32)33)27-24(18-9-13-20(31)14-10-18)17-23(19-11-15-21(35-2)16-12-19)26(27)22-7-5-6-8-25(22)36-3/h5-17H,4H2,1-3H3,(H2,32,33)/b28-27-. The summed E-state index contributed by atoms with van der Waals surface area (Å²) in [4.78, 5) is 26.0. The van der Waals surface area contributed by atoms with E-state index in [-0.39, 0.29) is 12.2 Å². The summed E-state index contributed by atoms with van der Waals surface area (Å²) in [5, 5.41) is 0.557. The molecular weight excluding hydrogens is 490 g/mol. The van der Waals surface area contributed by atoms with Crippen molar-refractivity contribution in [2.45, 2.75) is 6.92 Å². The van der Waals surface area contributed by atoms with Crippen molar-refractivity contribution in [3.05, 3.63) is 112 Å². The van der Waals surface area contributed by atoms with E-state index >= 15 is 0 Å². The number of carbonyl (C=O) groups is 2. The van der Waals surface area contributed by atoms with Gasteiger partial charge >= 0.3 is 5.97 Å². The van der Waals surface area contributed by atoms with Gasteiger partial charge in [0.05, 0.1) is 20.8 Å². The first-order valence-electron chi connectivity index (χ1n) is 11.6. The Balaban J connectivity index is 2.13. The van der Waals surface area contributed by atoms with Gasteiger partial charge in [0.15, 0.2) is 0 Å². The van der Waals surface area contributed by atoms with Crippen molar-refractivity contribution in [3.63, 3.8) is 0 Å². The Bertz CT molecular complexity index is 1430. The van der Waals surface area contributed by atoms with E-state index in [2.05, 4.69) is 0 Å². The predicted octanol–water partition coefficient (Wildman–Crippen LogP) is 5.71. The van der Waals surface area contributed by atoms with E-state index in [1.807, 2.05) is 66.7 Å². The molecule has 3 aromatic rings. The molecule has 1 amide bonds. The Labute approximate surface area is 220 Å². The average Bonchev–Trinajstić information content (AvgIpc) is 3.28. The third-order valence-electron chi connectivity index (χ3n) is 5.99. The Kier molecular flexibility index (Phi) is 7.80. The quantitative estimate of drug-likeness (QED) is 0.180. The van der Waals surface area contributed by atoms with Crippen LogP contribution in [0.3, 0.4) is 0 Å². The number of methoxy groups -OCH3 is 2. The molecule has 0 heterocycles. The molecule has 3 aromatic carbocycles. The Morgan fingerprint density at radius 3 is 2.11 bits per heavy atom. The van der Waals surface area contributed by atoms with Crippen LogP contribution in [0.25, 0.3) is 16.7 Å². The topological polar surface area (TPSA) is 87.9 Å². The minimum atomic E-state index is -0.892. The Hall–Kier alpha value is -4.29. The molecule has 0 aromatic heterocycles. The summed E-state index contributed by atoms with van der Waals surface area (Å²) in [5.41, 5.74) is 10.3. The molecular formula is C30H26ClNO5. The first-order valence-corrected chi connectivity index (χ1v) is 12.0. The SMILES string of the molecule is CCOC(=O)/C(C(N)=O)=C1/C(c2ccc(Cl)cc2)=CC(c2ccc(OC)cc2)=C1c1ccccc1OC. The van der Waals surface area contributed by atoms with E-state index in [4.69, 9.17) is 31.5 Å². The lowest BCUT2D eigenvalue weighted by Gasteiger charge is -2.18. The van der Waals surface area contributed by atoms with Crippen molar-refractivity contribution in [3.8, 4) is 11.5 Å². The van der Waals surface area contributed by atoms with Crippen LogP contribution < -0.4 is 15.2 Å². The zero-order valence-electron chi connectivity index (χ0n) is 20.7. The van der Waals surface area contributed by atoms with Gasteiger partial charge in [-0.1, -0.05) is 54.1 Å². The average molecular weight is 516 g/mol. The number of ether oxygens (including phenoxy) is 3. The smallest absolute Gasteiger partial charge is 0.344 e. The van der Waals surface area contributed by atoms with Crippen molar-refractivity contribution >= 4 is 40.2 Å². The summed E-state index contributed by atoms with van der Waals surface area (Å²) in [6.07, 6.45) is 1.93. The maximum atomic E-state index is 13.2. The van der Waals surface area contributed by atoms with Crippen molar-refractivity contribution in [1.29, 1.82) is 0 Å². The monoisotopic (exact) mass is 515 g/mol. The molecule has 37 heavy (non-hydrogen) atoms. The van der Waals surface area contributed by atoms with Crippen LogP contribution in [0.1, 0.15) is 23.6 Å². The zero-order valence-corrected chi connectivity index (χ0v) is 21.5. The summed E-state index contributed by atoms with van der Waals surface area (Å²) in [5.74, 6) is -0.424. The number of esters is 1. The molecule has 0 unspecified atom stereocenters. The normalized spacial score (nSPS) is 14.2. The van der Waals surface area contributed by atoms with Crippen molar-refractivity contribution < 1.29 is 23.8 Å². The summed E-state index contributed by atoms with van der Waals surface area (Å²) in [6, 6.07) is 22.1. The zero-order chi connectivity index (χ0) is 26.5. The molecule has 0 radical (unpaired) electrons. The number of hydrogen-bond acceptors (Lipinski definition) is 5. The minimum absolute atomic E-state index is 0.0852. The Morgan fingerprint density at radius 2 is 1.51 bits per heavy atom.